The summed E-state index contributed by atoms with van der Waals surface area (Å²) in [4.78, 5) is 0. The van der Waals surface area contributed by atoms with Crippen molar-refractivity contribution >= 4 is 37.4 Å². The lowest BCUT2D eigenvalue weighted by Crippen LogP contribution is -2.72. The van der Waals surface area contributed by atoms with Crippen molar-refractivity contribution in [3.8, 4) is 0 Å². The van der Waals surface area contributed by atoms with Crippen LogP contribution in [0.25, 0.3) is 0 Å². The van der Waals surface area contributed by atoms with Crippen molar-refractivity contribution in [3.63, 3.8) is 0 Å². The molecule has 0 aromatic heterocycles. The lowest BCUT2D eigenvalue weighted by Gasteiger charge is -2.50. The summed E-state index contributed by atoms with van der Waals surface area (Å²) in [5, 5.41) is 38.3. The Bertz CT molecular complexity index is 1440. The van der Waals surface area contributed by atoms with Gasteiger partial charge in [0.05, 0.1) is 6.61 Å². The summed E-state index contributed by atoms with van der Waals surface area (Å²) in [6.45, 7) is 12.9. The lowest BCUT2D eigenvalue weighted by molar-refractivity contribution is -0.281. The van der Waals surface area contributed by atoms with Gasteiger partial charge in [-0.1, -0.05) is 163 Å². The minimum Gasteiger partial charge on any atom is -0.405 e. The highest BCUT2D eigenvalue weighted by Gasteiger charge is 2.57. The molecule has 0 radical (unpaired) electrons. The molecule has 5 rings (SSSR count). The number of benzene rings is 4. The molecule has 6 nitrogen and oxygen atoms in total. The van der Waals surface area contributed by atoms with Crippen LogP contribution in [0.2, 0.25) is 10.1 Å². The third-order valence-corrected chi connectivity index (χ3v) is 19.3. The molecule has 1 fully saturated rings. The Morgan fingerprint density at radius 3 is 1.24 bits per heavy atom. The largest absolute Gasteiger partial charge is 0.405 e. The summed E-state index contributed by atoms with van der Waals surface area (Å²) in [6.07, 6.45) is -6.44. The van der Waals surface area contributed by atoms with Crippen LogP contribution in [-0.4, -0.2) is 69.3 Å². The Labute approximate surface area is 275 Å². The van der Waals surface area contributed by atoms with Crippen LogP contribution < -0.4 is 20.7 Å². The Kier molecular flexibility index (Phi) is 10.2. The number of hydrogen-bond acceptors (Lipinski definition) is 6. The number of rotatable bonds is 9. The summed E-state index contributed by atoms with van der Waals surface area (Å²) in [6, 6.07) is 40.4. The fourth-order valence-corrected chi connectivity index (χ4v) is 16.3. The Morgan fingerprint density at radius 2 is 0.891 bits per heavy atom. The van der Waals surface area contributed by atoms with Gasteiger partial charge in [-0.2, -0.15) is 0 Å². The maximum Gasteiger partial charge on any atom is 0.261 e. The molecule has 0 amide bonds. The average molecular weight is 657 g/mol. The molecular formula is C38H48O6Si2. The van der Waals surface area contributed by atoms with Crippen molar-refractivity contribution in [2.45, 2.75) is 82.3 Å². The van der Waals surface area contributed by atoms with Gasteiger partial charge < -0.3 is 28.9 Å². The van der Waals surface area contributed by atoms with E-state index in [1.54, 1.807) is 0 Å². The second kappa shape index (κ2) is 13.7. The van der Waals surface area contributed by atoms with Crippen molar-refractivity contribution in [2.24, 2.45) is 0 Å². The molecule has 1 aliphatic rings. The third kappa shape index (κ3) is 6.33. The fourth-order valence-electron chi connectivity index (χ4n) is 7.05. The van der Waals surface area contributed by atoms with Crippen LogP contribution in [0.15, 0.2) is 121 Å². The van der Waals surface area contributed by atoms with Crippen LogP contribution >= 0.6 is 0 Å². The summed E-state index contributed by atoms with van der Waals surface area (Å²) >= 11 is 0. The van der Waals surface area contributed by atoms with E-state index < -0.39 is 52.4 Å². The predicted octanol–water partition coefficient (Wildman–Crippen LogP) is 3.95. The number of aliphatic hydroxyl groups is 3. The molecule has 46 heavy (non-hydrogen) atoms. The van der Waals surface area contributed by atoms with Crippen molar-refractivity contribution in [1.29, 1.82) is 0 Å². The topological polar surface area (TPSA) is 88.4 Å². The first kappa shape index (κ1) is 34.4. The fraction of sp³-hybridized carbons (Fsp3) is 0.368. The van der Waals surface area contributed by atoms with Crippen LogP contribution in [0, 0.1) is 0 Å². The third-order valence-electron chi connectivity index (χ3n) is 9.27. The van der Waals surface area contributed by atoms with Crippen molar-refractivity contribution in [1.82, 2.24) is 0 Å². The van der Waals surface area contributed by atoms with Gasteiger partial charge in [0.25, 0.3) is 16.6 Å². The summed E-state index contributed by atoms with van der Waals surface area (Å²) < 4.78 is 20.2. The molecule has 0 spiro atoms. The zero-order valence-electron chi connectivity index (χ0n) is 27.7. The van der Waals surface area contributed by atoms with E-state index in [1.807, 2.05) is 97.1 Å². The van der Waals surface area contributed by atoms with Crippen molar-refractivity contribution < 1.29 is 28.9 Å². The van der Waals surface area contributed by atoms with Gasteiger partial charge in [0.2, 0.25) is 0 Å². The SMILES string of the molecule is CC(C)(C)[Si](OC[C@H]1O[C@H](O)[C@H](O[Si](c2ccccc2)(c2ccccc2)C(C)(C)C)[C@@H](O)[C@H]1O)(c1ccccc1)c1ccccc1. The maximum atomic E-state index is 11.7. The molecule has 4 aromatic rings. The maximum absolute atomic E-state index is 11.7. The smallest absolute Gasteiger partial charge is 0.261 e. The molecule has 8 heteroatoms. The minimum atomic E-state index is -3.17. The van der Waals surface area contributed by atoms with E-state index in [9.17, 15) is 15.3 Å². The normalized spacial score (nSPS) is 22.8. The summed E-state index contributed by atoms with van der Waals surface area (Å²) in [5.41, 5.74) is 0. The highest BCUT2D eigenvalue weighted by Crippen LogP contribution is 2.40. The molecule has 0 bridgehead atoms. The van der Waals surface area contributed by atoms with E-state index in [0.717, 1.165) is 20.7 Å². The molecule has 1 saturated heterocycles. The molecule has 0 aliphatic carbocycles. The molecular weight excluding hydrogens is 609 g/mol. The van der Waals surface area contributed by atoms with E-state index in [0.29, 0.717) is 0 Å². The first-order valence-corrected chi connectivity index (χ1v) is 19.9. The average Bonchev–Trinajstić information content (AvgIpc) is 3.04. The number of aliphatic hydroxyl groups excluding tert-OH is 3. The zero-order valence-corrected chi connectivity index (χ0v) is 29.7. The van der Waals surface area contributed by atoms with E-state index in [1.165, 1.54) is 0 Å². The van der Waals surface area contributed by atoms with Crippen LogP contribution in [0.1, 0.15) is 41.5 Å². The second-order valence-corrected chi connectivity index (χ2v) is 22.8. The van der Waals surface area contributed by atoms with Gasteiger partial charge >= 0.3 is 0 Å². The molecule has 5 atom stereocenters. The van der Waals surface area contributed by atoms with Crippen molar-refractivity contribution in [3.05, 3.63) is 121 Å². The van der Waals surface area contributed by atoms with Gasteiger partial charge in [0.1, 0.15) is 24.4 Å². The van der Waals surface area contributed by atoms with Gasteiger partial charge in [-0.05, 0) is 30.8 Å². The van der Waals surface area contributed by atoms with Crippen LogP contribution in [0.5, 0.6) is 0 Å². The van der Waals surface area contributed by atoms with Gasteiger partial charge in [0.15, 0.2) is 6.29 Å². The quantitative estimate of drug-likeness (QED) is 0.237. The van der Waals surface area contributed by atoms with Gasteiger partial charge in [0, 0.05) is 0 Å². The predicted molar refractivity (Wildman–Crippen MR) is 189 cm³/mol. The van der Waals surface area contributed by atoms with Gasteiger partial charge in [-0.15, -0.1) is 0 Å². The summed E-state index contributed by atoms with van der Waals surface area (Å²) in [7, 11) is -6.12. The molecule has 0 saturated carbocycles. The summed E-state index contributed by atoms with van der Waals surface area (Å²) in [5.74, 6) is 0. The van der Waals surface area contributed by atoms with Crippen LogP contribution in [0.3, 0.4) is 0 Å². The standard InChI is InChI=1S/C38H48O6Si2/c1-37(2,3)45(28-19-11-7-12-20-28,29-21-13-8-14-22-29)42-27-32-33(39)34(40)35(36(41)43-32)44-46(38(4,5)6,30-23-15-9-16-24-30)31-25-17-10-18-26-31/h7-26,32-36,39-41H,27H2,1-6H3/t32-,33+,34+,35-,36+/m1/s1. The Morgan fingerprint density at radius 1 is 0.543 bits per heavy atom. The molecule has 244 valence electrons. The van der Waals surface area contributed by atoms with Crippen molar-refractivity contribution in [2.75, 3.05) is 6.61 Å². The highest BCUT2D eigenvalue weighted by molar-refractivity contribution is 7.00. The van der Waals surface area contributed by atoms with E-state index >= 15 is 0 Å². The van der Waals surface area contributed by atoms with Gasteiger partial charge in [-0.25, -0.2) is 0 Å². The molecule has 1 aliphatic heterocycles. The van der Waals surface area contributed by atoms with E-state index in [2.05, 4.69) is 65.8 Å². The minimum absolute atomic E-state index is 0.0193. The lowest BCUT2D eigenvalue weighted by atomic mass is 9.99. The first-order valence-electron chi connectivity index (χ1n) is 16.1. The Hall–Kier alpha value is -2.93. The molecule has 4 aromatic carbocycles. The zero-order chi connectivity index (χ0) is 33.2. The first-order chi connectivity index (χ1) is 21.8. The van der Waals surface area contributed by atoms with Crippen LogP contribution in [-0.2, 0) is 13.6 Å². The van der Waals surface area contributed by atoms with E-state index in [4.69, 9.17) is 13.6 Å². The van der Waals surface area contributed by atoms with Gasteiger partial charge in [-0.3, -0.25) is 0 Å². The van der Waals surface area contributed by atoms with Crippen LogP contribution in [0.4, 0.5) is 0 Å². The highest BCUT2D eigenvalue weighted by atomic mass is 28.4. The second-order valence-electron chi connectivity index (χ2n) is 14.3. The monoisotopic (exact) mass is 656 g/mol. The Balaban J connectivity index is 1.48. The molecule has 0 unspecified atom stereocenters. The molecule has 1 heterocycles. The number of hydrogen-bond donors (Lipinski definition) is 3. The number of ether oxygens (including phenoxy) is 1. The molecule has 3 N–H and O–H groups in total. The van der Waals surface area contributed by atoms with E-state index in [-0.39, 0.29) is 11.6 Å².